The van der Waals surface area contributed by atoms with E-state index in [9.17, 15) is 0 Å². The number of aromatic nitrogens is 4. The summed E-state index contributed by atoms with van der Waals surface area (Å²) in [6, 6.07) is 63.9. The summed E-state index contributed by atoms with van der Waals surface area (Å²) in [6.45, 7) is 0. The van der Waals surface area contributed by atoms with E-state index in [1.807, 2.05) is 72.0 Å². The molecule has 4 nitrogen and oxygen atoms in total. The van der Waals surface area contributed by atoms with Gasteiger partial charge in [0.1, 0.15) is 0 Å². The van der Waals surface area contributed by atoms with Gasteiger partial charge >= 0.3 is 0 Å². The van der Waals surface area contributed by atoms with E-state index in [4.69, 9.17) is 19.9 Å². The van der Waals surface area contributed by atoms with E-state index in [1.54, 1.807) is 0 Å². The van der Waals surface area contributed by atoms with E-state index < -0.39 is 0 Å². The Morgan fingerprint density at radius 2 is 0.927 bits per heavy atom. The number of hydrogen-bond acceptors (Lipinski definition) is 5. The Morgan fingerprint density at radius 3 is 1.67 bits per heavy atom. The molecule has 0 saturated carbocycles. The van der Waals surface area contributed by atoms with Crippen LogP contribution in [0.15, 0.2) is 182 Å². The van der Waals surface area contributed by atoms with Crippen molar-refractivity contribution in [3.8, 4) is 56.5 Å². The zero-order valence-corrected chi connectivity index (χ0v) is 30.3. The van der Waals surface area contributed by atoms with Gasteiger partial charge in [0.25, 0.3) is 0 Å². The molecule has 0 bridgehead atoms. The molecule has 11 rings (SSSR count). The Kier molecular flexibility index (Phi) is 7.32. The molecule has 8 aromatic carbocycles. The van der Waals surface area contributed by atoms with Gasteiger partial charge in [-0.05, 0) is 56.9 Å². The van der Waals surface area contributed by atoms with Crippen molar-refractivity contribution in [3.63, 3.8) is 0 Å². The fourth-order valence-electron chi connectivity index (χ4n) is 7.88. The van der Waals surface area contributed by atoms with Crippen LogP contribution in [0.2, 0.25) is 0 Å². The molecule has 0 atom stereocenters. The molecule has 0 unspecified atom stereocenters. The van der Waals surface area contributed by atoms with Crippen molar-refractivity contribution >= 4 is 64.0 Å². The van der Waals surface area contributed by atoms with Crippen molar-refractivity contribution in [2.45, 2.75) is 0 Å². The standard InChI is InChI=1S/C50H30N4S/c1-3-14-31(15-4-1)48-52-49(32-16-5-2-6-17-32)54-50(53-48)36-20-13-19-35(28-36)46-45-41-24-11-12-25-44(41)55-47(45)40-27-26-34(30-43(40)51-46)42-29-33-18-7-8-21-37(33)38-22-9-10-23-39(38)42/h1-30H. The summed E-state index contributed by atoms with van der Waals surface area (Å²) in [5.74, 6) is 1.89. The van der Waals surface area contributed by atoms with Crippen molar-refractivity contribution in [1.29, 1.82) is 0 Å². The molecule has 0 amide bonds. The monoisotopic (exact) mass is 718 g/mol. The summed E-state index contributed by atoms with van der Waals surface area (Å²) in [5, 5.41) is 8.51. The quantitative estimate of drug-likeness (QED) is 0.166. The number of hydrogen-bond donors (Lipinski definition) is 0. The van der Waals surface area contributed by atoms with Gasteiger partial charge in [0, 0.05) is 47.8 Å². The van der Waals surface area contributed by atoms with Crippen molar-refractivity contribution in [2.24, 2.45) is 0 Å². The van der Waals surface area contributed by atoms with Gasteiger partial charge in [-0.25, -0.2) is 19.9 Å². The number of fused-ring (bicyclic) bond motifs is 8. The fraction of sp³-hybridized carbons (Fsp3) is 0. The molecular weight excluding hydrogens is 689 g/mol. The van der Waals surface area contributed by atoms with Crippen LogP contribution < -0.4 is 0 Å². The average molecular weight is 719 g/mol. The minimum atomic E-state index is 0.618. The maximum Gasteiger partial charge on any atom is 0.164 e. The summed E-state index contributed by atoms with van der Waals surface area (Å²) in [6.07, 6.45) is 0. The lowest BCUT2D eigenvalue weighted by Crippen LogP contribution is -2.00. The van der Waals surface area contributed by atoms with Gasteiger partial charge in [0.05, 0.1) is 11.2 Å². The van der Waals surface area contributed by atoms with Gasteiger partial charge in [0.2, 0.25) is 0 Å². The first-order chi connectivity index (χ1) is 27.2. The van der Waals surface area contributed by atoms with Crippen LogP contribution >= 0.6 is 11.3 Å². The number of rotatable bonds is 5. The highest BCUT2D eigenvalue weighted by molar-refractivity contribution is 7.26. The minimum Gasteiger partial charge on any atom is -0.247 e. The van der Waals surface area contributed by atoms with Gasteiger partial charge in [-0.1, -0.05) is 158 Å². The van der Waals surface area contributed by atoms with Gasteiger partial charge in [-0.15, -0.1) is 11.3 Å². The molecule has 5 heteroatoms. The zero-order chi connectivity index (χ0) is 36.3. The van der Waals surface area contributed by atoms with Gasteiger partial charge in [-0.3, -0.25) is 0 Å². The van der Waals surface area contributed by atoms with Gasteiger partial charge in [0.15, 0.2) is 17.5 Å². The zero-order valence-electron chi connectivity index (χ0n) is 29.5. The lowest BCUT2D eigenvalue weighted by Gasteiger charge is -2.13. The summed E-state index contributed by atoms with van der Waals surface area (Å²) >= 11 is 1.83. The molecule has 256 valence electrons. The molecule has 0 radical (unpaired) electrons. The van der Waals surface area contributed by atoms with E-state index in [0.717, 1.165) is 44.4 Å². The Labute approximate surface area is 321 Å². The molecule has 0 aliphatic carbocycles. The smallest absolute Gasteiger partial charge is 0.164 e. The Hall–Kier alpha value is -7.08. The largest absolute Gasteiger partial charge is 0.247 e. The highest BCUT2D eigenvalue weighted by atomic mass is 32.1. The topological polar surface area (TPSA) is 51.6 Å². The minimum absolute atomic E-state index is 0.618. The van der Waals surface area contributed by atoms with Crippen LogP contribution in [0.3, 0.4) is 0 Å². The van der Waals surface area contributed by atoms with Gasteiger partial charge < -0.3 is 0 Å². The predicted octanol–water partition coefficient (Wildman–Crippen LogP) is 13.4. The Bertz CT molecular complexity index is 3210. The first-order valence-electron chi connectivity index (χ1n) is 18.4. The first-order valence-corrected chi connectivity index (χ1v) is 19.2. The summed E-state index contributed by atoms with van der Waals surface area (Å²) < 4.78 is 2.48. The van der Waals surface area contributed by atoms with Crippen LogP contribution in [-0.4, -0.2) is 19.9 Å². The Morgan fingerprint density at radius 1 is 0.345 bits per heavy atom. The van der Waals surface area contributed by atoms with Crippen LogP contribution in [0.25, 0.3) is 109 Å². The molecule has 11 aromatic rings. The van der Waals surface area contributed by atoms with Crippen molar-refractivity contribution in [1.82, 2.24) is 19.9 Å². The second-order valence-electron chi connectivity index (χ2n) is 13.8. The van der Waals surface area contributed by atoms with E-state index in [2.05, 4.69) is 121 Å². The molecule has 0 aliphatic rings. The van der Waals surface area contributed by atoms with E-state index in [1.165, 1.54) is 47.3 Å². The maximum atomic E-state index is 5.54. The SMILES string of the molecule is c1ccc(-c2nc(-c3ccccc3)nc(-c3cccc(-c4nc5cc(-c6cc7ccccc7c7ccccc67)ccc5c5sc6ccccc6c45)c3)n2)cc1. The predicted molar refractivity (Wildman–Crippen MR) is 230 cm³/mol. The molecule has 0 aliphatic heterocycles. The summed E-state index contributed by atoms with van der Waals surface area (Å²) in [4.78, 5) is 20.5. The molecule has 0 saturated heterocycles. The van der Waals surface area contributed by atoms with Crippen LogP contribution in [0, 0.1) is 0 Å². The fourth-order valence-corrected chi connectivity index (χ4v) is 9.11. The average Bonchev–Trinajstić information content (AvgIpc) is 3.66. The Balaban J connectivity index is 1.13. The highest BCUT2D eigenvalue weighted by Gasteiger charge is 2.19. The maximum absolute atomic E-state index is 5.54. The third-order valence-corrected chi connectivity index (χ3v) is 11.7. The molecule has 0 spiro atoms. The molecular formula is C50H30N4S. The number of benzene rings is 8. The van der Waals surface area contributed by atoms with Crippen molar-refractivity contribution < 1.29 is 0 Å². The van der Waals surface area contributed by atoms with E-state index in [0.29, 0.717) is 17.5 Å². The number of nitrogens with zero attached hydrogens (tertiary/aromatic N) is 4. The van der Waals surface area contributed by atoms with Crippen LogP contribution in [0.1, 0.15) is 0 Å². The molecule has 0 N–H and O–H groups in total. The van der Waals surface area contributed by atoms with Crippen LogP contribution in [0.4, 0.5) is 0 Å². The first kappa shape index (κ1) is 31.4. The van der Waals surface area contributed by atoms with Crippen LogP contribution in [-0.2, 0) is 0 Å². The number of pyridine rings is 1. The molecule has 0 fully saturated rings. The number of thiophene rings is 1. The summed E-state index contributed by atoms with van der Waals surface area (Å²) in [7, 11) is 0. The van der Waals surface area contributed by atoms with Crippen LogP contribution in [0.5, 0.6) is 0 Å². The normalized spacial score (nSPS) is 11.6. The second-order valence-corrected chi connectivity index (χ2v) is 14.9. The van der Waals surface area contributed by atoms with E-state index >= 15 is 0 Å². The second kappa shape index (κ2) is 12.8. The third-order valence-electron chi connectivity index (χ3n) is 10.5. The highest BCUT2D eigenvalue weighted by Crippen LogP contribution is 2.44. The van der Waals surface area contributed by atoms with Crippen molar-refractivity contribution in [2.75, 3.05) is 0 Å². The van der Waals surface area contributed by atoms with Gasteiger partial charge in [-0.2, -0.15) is 0 Å². The third kappa shape index (κ3) is 5.36. The molecule has 3 aromatic heterocycles. The van der Waals surface area contributed by atoms with E-state index in [-0.39, 0.29) is 0 Å². The summed E-state index contributed by atoms with van der Waals surface area (Å²) in [5.41, 5.74) is 8.06. The lowest BCUT2D eigenvalue weighted by atomic mass is 9.92. The van der Waals surface area contributed by atoms with Crippen molar-refractivity contribution in [3.05, 3.63) is 182 Å². The molecule has 55 heavy (non-hydrogen) atoms. The molecule has 3 heterocycles. The lowest BCUT2D eigenvalue weighted by molar-refractivity contribution is 1.07.